The van der Waals surface area contributed by atoms with Crippen LogP contribution in [0.5, 0.6) is 0 Å². The number of ketones is 1. The van der Waals surface area contributed by atoms with Gasteiger partial charge >= 0.3 is 0 Å². The molecule has 0 heterocycles. The van der Waals surface area contributed by atoms with Crippen LogP contribution in [-0.4, -0.2) is 17.0 Å². The predicted octanol–water partition coefficient (Wildman–Crippen LogP) is 2.01. The van der Waals surface area contributed by atoms with Crippen molar-refractivity contribution in [1.29, 1.82) is 0 Å². The first kappa shape index (κ1) is 10.7. The second-order valence-corrected chi connectivity index (χ2v) is 5.35. The number of rotatable bonds is 0. The van der Waals surface area contributed by atoms with E-state index in [0.717, 1.165) is 0 Å². The van der Waals surface area contributed by atoms with Gasteiger partial charge in [0.15, 0.2) is 0 Å². The smallest absolute Gasteiger partial charge is 0.136 e. The second-order valence-electron chi connectivity index (χ2n) is 5.35. The van der Waals surface area contributed by atoms with E-state index in [4.69, 9.17) is 0 Å². The van der Waals surface area contributed by atoms with Gasteiger partial charge < -0.3 is 5.11 Å². The van der Waals surface area contributed by atoms with Crippen LogP contribution in [0, 0.1) is 17.3 Å². The molecule has 0 aromatic heterocycles. The first-order chi connectivity index (χ1) is 5.82. The van der Waals surface area contributed by atoms with Gasteiger partial charge in [0.1, 0.15) is 5.78 Å². The van der Waals surface area contributed by atoms with Crippen molar-refractivity contribution < 1.29 is 9.90 Å². The molecule has 0 unspecified atom stereocenters. The molecular weight excluding hydrogens is 164 g/mol. The summed E-state index contributed by atoms with van der Waals surface area (Å²) in [6.45, 7) is 8.17. The number of Topliss-reactive ketones (excluding diaryl/α,β-unsaturated/α-hetero) is 1. The van der Waals surface area contributed by atoms with E-state index in [2.05, 4.69) is 20.8 Å². The molecule has 76 valence electrons. The van der Waals surface area contributed by atoms with Crippen LogP contribution in [0.15, 0.2) is 0 Å². The molecule has 0 aromatic rings. The van der Waals surface area contributed by atoms with Gasteiger partial charge in [0, 0.05) is 12.3 Å². The van der Waals surface area contributed by atoms with Crippen LogP contribution in [0.2, 0.25) is 0 Å². The van der Waals surface area contributed by atoms with Crippen molar-refractivity contribution in [3.63, 3.8) is 0 Å². The van der Waals surface area contributed by atoms with Crippen molar-refractivity contribution in [2.45, 2.75) is 46.6 Å². The Labute approximate surface area is 80.3 Å². The largest absolute Gasteiger partial charge is 0.393 e. The Morgan fingerprint density at radius 3 is 2.38 bits per heavy atom. The molecule has 0 bridgehead atoms. The fourth-order valence-electron chi connectivity index (χ4n) is 2.10. The molecule has 1 rings (SSSR count). The summed E-state index contributed by atoms with van der Waals surface area (Å²) in [5, 5.41) is 9.84. The molecule has 0 spiro atoms. The summed E-state index contributed by atoms with van der Waals surface area (Å²) < 4.78 is 0. The Hall–Kier alpha value is -0.370. The minimum absolute atomic E-state index is 0.0369. The van der Waals surface area contributed by atoms with Crippen LogP contribution in [0.4, 0.5) is 0 Å². The molecule has 0 saturated heterocycles. The van der Waals surface area contributed by atoms with E-state index < -0.39 is 0 Å². The number of hydrogen-bond donors (Lipinski definition) is 1. The maximum absolute atomic E-state index is 11.5. The molecule has 0 radical (unpaired) electrons. The average molecular weight is 184 g/mol. The highest BCUT2D eigenvalue weighted by Gasteiger charge is 2.38. The van der Waals surface area contributed by atoms with Gasteiger partial charge in [0.05, 0.1) is 6.10 Å². The van der Waals surface area contributed by atoms with Crippen molar-refractivity contribution in [3.8, 4) is 0 Å². The first-order valence-electron chi connectivity index (χ1n) is 5.03. The average Bonchev–Trinajstić information content (AvgIpc) is 1.94. The summed E-state index contributed by atoms with van der Waals surface area (Å²) in [5.41, 5.74) is 0.0369. The molecule has 1 aliphatic rings. The molecule has 0 aromatic carbocycles. The Morgan fingerprint density at radius 2 is 1.92 bits per heavy atom. The lowest BCUT2D eigenvalue weighted by Crippen LogP contribution is -2.41. The number of carbonyl (C=O) groups is 1. The van der Waals surface area contributed by atoms with Gasteiger partial charge in [0.2, 0.25) is 0 Å². The van der Waals surface area contributed by atoms with Gasteiger partial charge in [-0.05, 0) is 17.8 Å². The van der Waals surface area contributed by atoms with Crippen LogP contribution >= 0.6 is 0 Å². The van der Waals surface area contributed by atoms with Crippen molar-refractivity contribution in [2.75, 3.05) is 0 Å². The van der Waals surface area contributed by atoms with Crippen LogP contribution in [0.1, 0.15) is 40.5 Å². The van der Waals surface area contributed by atoms with Crippen LogP contribution in [0.25, 0.3) is 0 Å². The third kappa shape index (κ3) is 2.31. The molecule has 1 saturated carbocycles. The van der Waals surface area contributed by atoms with E-state index in [1.54, 1.807) is 0 Å². The van der Waals surface area contributed by atoms with Crippen molar-refractivity contribution in [2.24, 2.45) is 17.3 Å². The Morgan fingerprint density at radius 1 is 1.38 bits per heavy atom. The van der Waals surface area contributed by atoms with Gasteiger partial charge in [-0.1, -0.05) is 27.7 Å². The van der Waals surface area contributed by atoms with Crippen LogP contribution in [0.3, 0.4) is 0 Å². The van der Waals surface area contributed by atoms with E-state index in [0.29, 0.717) is 18.6 Å². The normalized spacial score (nSPS) is 36.4. The molecule has 3 atom stereocenters. The topological polar surface area (TPSA) is 37.3 Å². The van der Waals surface area contributed by atoms with Crippen LogP contribution < -0.4 is 0 Å². The van der Waals surface area contributed by atoms with Gasteiger partial charge in [0.25, 0.3) is 0 Å². The van der Waals surface area contributed by atoms with E-state index in [1.165, 1.54) is 0 Å². The summed E-state index contributed by atoms with van der Waals surface area (Å²) in [6, 6.07) is 0. The van der Waals surface area contributed by atoms with Crippen molar-refractivity contribution in [1.82, 2.24) is 0 Å². The Balaban J connectivity index is 2.73. The summed E-state index contributed by atoms with van der Waals surface area (Å²) in [4.78, 5) is 11.5. The third-order valence-corrected chi connectivity index (χ3v) is 3.14. The lowest BCUT2D eigenvalue weighted by atomic mass is 9.68. The minimum Gasteiger partial charge on any atom is -0.393 e. The molecule has 0 amide bonds. The van der Waals surface area contributed by atoms with Gasteiger partial charge in [-0.25, -0.2) is 0 Å². The van der Waals surface area contributed by atoms with Gasteiger partial charge in [-0.15, -0.1) is 0 Å². The van der Waals surface area contributed by atoms with Gasteiger partial charge in [-0.2, -0.15) is 0 Å². The molecule has 0 aliphatic heterocycles. The maximum Gasteiger partial charge on any atom is 0.136 e. The number of carbonyl (C=O) groups excluding carboxylic acids is 1. The molecule has 1 N–H and O–H groups in total. The zero-order valence-electron chi connectivity index (χ0n) is 9.00. The Bertz CT molecular complexity index is 203. The molecular formula is C11H20O2. The highest BCUT2D eigenvalue weighted by Crippen LogP contribution is 2.38. The molecule has 1 fully saturated rings. The SMILES string of the molecule is C[C@@H]1C[C@@H](O)[C@H](C(C)(C)C)CC1=O. The molecule has 2 heteroatoms. The van der Waals surface area contributed by atoms with Crippen LogP contribution in [-0.2, 0) is 4.79 Å². The summed E-state index contributed by atoms with van der Waals surface area (Å²) in [7, 11) is 0. The lowest BCUT2D eigenvalue weighted by molar-refractivity contribution is -0.132. The zero-order chi connectivity index (χ0) is 10.2. The minimum atomic E-state index is -0.298. The van der Waals surface area contributed by atoms with Gasteiger partial charge in [-0.3, -0.25) is 4.79 Å². The maximum atomic E-state index is 11.5. The quantitative estimate of drug-likeness (QED) is 0.625. The second kappa shape index (κ2) is 3.41. The highest BCUT2D eigenvalue weighted by molar-refractivity contribution is 5.81. The van der Waals surface area contributed by atoms with E-state index >= 15 is 0 Å². The predicted molar refractivity (Wildman–Crippen MR) is 52.4 cm³/mol. The number of aliphatic hydroxyl groups excluding tert-OH is 1. The highest BCUT2D eigenvalue weighted by atomic mass is 16.3. The Kier molecular flexibility index (Phi) is 2.81. The standard InChI is InChI=1S/C11H20O2/c1-7-5-10(13)8(6-9(7)12)11(2,3)4/h7-8,10,13H,5-6H2,1-4H3/t7-,8-,10-/m1/s1. The van der Waals surface area contributed by atoms with E-state index in [1.807, 2.05) is 6.92 Å². The molecule has 13 heavy (non-hydrogen) atoms. The summed E-state index contributed by atoms with van der Waals surface area (Å²) in [6.07, 6.45) is 0.889. The summed E-state index contributed by atoms with van der Waals surface area (Å²) in [5.74, 6) is 0.495. The zero-order valence-corrected chi connectivity index (χ0v) is 9.00. The van der Waals surface area contributed by atoms with Crippen molar-refractivity contribution >= 4 is 5.78 Å². The van der Waals surface area contributed by atoms with E-state index in [-0.39, 0.29) is 23.4 Å². The molecule has 2 nitrogen and oxygen atoms in total. The fourth-order valence-corrected chi connectivity index (χ4v) is 2.10. The lowest BCUT2D eigenvalue weighted by Gasteiger charge is -2.39. The third-order valence-electron chi connectivity index (χ3n) is 3.14. The number of hydrogen-bond acceptors (Lipinski definition) is 2. The fraction of sp³-hybridized carbons (Fsp3) is 0.909. The number of aliphatic hydroxyl groups is 1. The first-order valence-corrected chi connectivity index (χ1v) is 5.03. The van der Waals surface area contributed by atoms with E-state index in [9.17, 15) is 9.90 Å². The van der Waals surface area contributed by atoms with Crippen molar-refractivity contribution in [3.05, 3.63) is 0 Å². The molecule has 1 aliphatic carbocycles. The summed E-state index contributed by atoms with van der Waals surface area (Å²) >= 11 is 0. The monoisotopic (exact) mass is 184 g/mol.